The van der Waals surface area contributed by atoms with Crippen LogP contribution in [0.4, 0.5) is 0 Å². The predicted octanol–water partition coefficient (Wildman–Crippen LogP) is 1.65. The zero-order chi connectivity index (χ0) is 22.8. The van der Waals surface area contributed by atoms with E-state index in [1.54, 1.807) is 29.2 Å². The number of para-hydroxylation sites is 1. The van der Waals surface area contributed by atoms with Crippen molar-refractivity contribution in [1.29, 1.82) is 0 Å². The number of fused-ring (bicyclic) bond motifs is 1. The third kappa shape index (κ3) is 4.27. The summed E-state index contributed by atoms with van der Waals surface area (Å²) in [5.74, 6) is -0.0330. The van der Waals surface area contributed by atoms with Gasteiger partial charge in [0.25, 0.3) is 11.5 Å². The fraction of sp³-hybridized carbons (Fsp3) is 0.292. The monoisotopic (exact) mass is 443 g/mol. The molecule has 33 heavy (non-hydrogen) atoms. The van der Waals surface area contributed by atoms with Crippen LogP contribution in [0.25, 0.3) is 22.2 Å². The van der Waals surface area contributed by atoms with Crippen molar-refractivity contribution in [3.05, 3.63) is 77.0 Å². The highest BCUT2D eigenvalue weighted by molar-refractivity contribution is 6.04. The minimum atomic E-state index is -0.122. The van der Waals surface area contributed by atoms with Gasteiger partial charge in [-0.25, -0.2) is 4.68 Å². The third-order valence-corrected chi connectivity index (χ3v) is 6.09. The summed E-state index contributed by atoms with van der Waals surface area (Å²) in [6.45, 7) is 3.94. The zero-order valence-electron chi connectivity index (χ0n) is 18.5. The molecule has 5 rings (SSSR count). The quantitative estimate of drug-likeness (QED) is 0.466. The fourth-order valence-corrected chi connectivity index (χ4v) is 4.22. The molecule has 1 aliphatic rings. The number of rotatable bonds is 5. The van der Waals surface area contributed by atoms with Gasteiger partial charge in [0.15, 0.2) is 5.69 Å². The molecule has 1 fully saturated rings. The van der Waals surface area contributed by atoms with Gasteiger partial charge >= 0.3 is 0 Å². The Labute approximate surface area is 190 Å². The standard InChI is InChI=1S/C24H25N7O2/c1-28-21-5-3-2-4-19(21)23(27-28)24(33)30-15-12-29(13-16-30)14-17-31-22(32)7-6-20(26-31)18-8-10-25-11-9-18/h2-11H,12-17H2,1H3. The predicted molar refractivity (Wildman–Crippen MR) is 125 cm³/mol. The van der Waals surface area contributed by atoms with Crippen LogP contribution in [0.15, 0.2) is 65.7 Å². The molecule has 0 aliphatic carbocycles. The third-order valence-electron chi connectivity index (χ3n) is 6.09. The average molecular weight is 444 g/mol. The molecule has 0 N–H and O–H groups in total. The molecule has 1 saturated heterocycles. The van der Waals surface area contributed by atoms with Crippen LogP contribution in [0.1, 0.15) is 10.5 Å². The second-order valence-corrected chi connectivity index (χ2v) is 8.14. The Morgan fingerprint density at radius 2 is 1.67 bits per heavy atom. The number of benzene rings is 1. The van der Waals surface area contributed by atoms with Crippen LogP contribution >= 0.6 is 0 Å². The van der Waals surface area contributed by atoms with E-state index in [9.17, 15) is 9.59 Å². The van der Waals surface area contributed by atoms with Crippen LogP contribution in [-0.4, -0.2) is 73.0 Å². The summed E-state index contributed by atoms with van der Waals surface area (Å²) in [5.41, 5.74) is 3.00. The Balaban J connectivity index is 1.21. The largest absolute Gasteiger partial charge is 0.335 e. The number of hydrogen-bond acceptors (Lipinski definition) is 6. The van der Waals surface area contributed by atoms with Crippen molar-refractivity contribution in [3.63, 3.8) is 0 Å². The molecule has 1 aliphatic heterocycles. The van der Waals surface area contributed by atoms with E-state index in [4.69, 9.17) is 0 Å². The number of aryl methyl sites for hydroxylation is 1. The molecule has 1 aromatic carbocycles. The molecule has 9 heteroatoms. The first-order chi connectivity index (χ1) is 16.1. The molecule has 3 aromatic heterocycles. The van der Waals surface area contributed by atoms with E-state index in [1.807, 2.05) is 48.3 Å². The average Bonchev–Trinajstić information content (AvgIpc) is 3.20. The van der Waals surface area contributed by atoms with E-state index in [0.717, 1.165) is 35.2 Å². The van der Waals surface area contributed by atoms with E-state index in [1.165, 1.54) is 4.68 Å². The number of carbonyl (C=O) groups excluding carboxylic acids is 1. The van der Waals surface area contributed by atoms with Gasteiger partial charge in [0.2, 0.25) is 0 Å². The minimum Gasteiger partial charge on any atom is -0.335 e. The lowest BCUT2D eigenvalue weighted by Crippen LogP contribution is -2.49. The topological polar surface area (TPSA) is 89.2 Å². The fourth-order valence-electron chi connectivity index (χ4n) is 4.22. The molecule has 168 valence electrons. The maximum Gasteiger partial charge on any atom is 0.275 e. The van der Waals surface area contributed by atoms with E-state index in [-0.39, 0.29) is 11.5 Å². The number of nitrogens with zero attached hydrogens (tertiary/aromatic N) is 7. The lowest BCUT2D eigenvalue weighted by atomic mass is 10.2. The van der Waals surface area contributed by atoms with Gasteiger partial charge in [0.1, 0.15) is 0 Å². The maximum absolute atomic E-state index is 13.1. The number of aromatic nitrogens is 5. The van der Waals surface area contributed by atoms with Crippen LogP contribution in [0.5, 0.6) is 0 Å². The van der Waals surface area contributed by atoms with E-state index in [2.05, 4.69) is 20.1 Å². The number of amides is 1. The van der Waals surface area contributed by atoms with Gasteiger partial charge in [-0.05, 0) is 24.3 Å². The lowest BCUT2D eigenvalue weighted by Gasteiger charge is -2.34. The van der Waals surface area contributed by atoms with Crippen molar-refractivity contribution in [2.24, 2.45) is 7.05 Å². The number of hydrogen-bond donors (Lipinski definition) is 0. The zero-order valence-corrected chi connectivity index (χ0v) is 18.5. The Morgan fingerprint density at radius 3 is 2.45 bits per heavy atom. The molecule has 4 heterocycles. The molecule has 0 saturated carbocycles. The van der Waals surface area contributed by atoms with Gasteiger partial charge in [0.05, 0.1) is 17.8 Å². The second kappa shape index (κ2) is 8.95. The molecule has 0 unspecified atom stereocenters. The molecular weight excluding hydrogens is 418 g/mol. The highest BCUT2D eigenvalue weighted by Crippen LogP contribution is 2.19. The van der Waals surface area contributed by atoms with Crippen LogP contribution in [0, 0.1) is 0 Å². The van der Waals surface area contributed by atoms with Crippen molar-refractivity contribution in [3.8, 4) is 11.3 Å². The van der Waals surface area contributed by atoms with Crippen LogP contribution in [0.2, 0.25) is 0 Å². The van der Waals surface area contributed by atoms with E-state index < -0.39 is 0 Å². The molecule has 1 amide bonds. The summed E-state index contributed by atoms with van der Waals surface area (Å²) in [7, 11) is 1.86. The summed E-state index contributed by atoms with van der Waals surface area (Å²) < 4.78 is 3.26. The van der Waals surface area contributed by atoms with Crippen molar-refractivity contribution in [2.45, 2.75) is 6.54 Å². The van der Waals surface area contributed by atoms with Gasteiger partial charge in [-0.1, -0.05) is 18.2 Å². The number of pyridine rings is 1. The van der Waals surface area contributed by atoms with E-state index in [0.29, 0.717) is 31.9 Å². The summed E-state index contributed by atoms with van der Waals surface area (Å²) >= 11 is 0. The SMILES string of the molecule is Cn1nc(C(=O)N2CCN(CCn3nc(-c4ccncc4)ccc3=O)CC2)c2ccccc21. The molecule has 0 bridgehead atoms. The maximum atomic E-state index is 13.1. The van der Waals surface area contributed by atoms with E-state index >= 15 is 0 Å². The van der Waals surface area contributed by atoms with Crippen LogP contribution < -0.4 is 5.56 Å². The van der Waals surface area contributed by atoms with Gasteiger partial charge in [-0.15, -0.1) is 0 Å². The first-order valence-electron chi connectivity index (χ1n) is 11.0. The Hall–Kier alpha value is -3.85. The minimum absolute atomic E-state index is 0.0330. The van der Waals surface area contributed by atoms with Crippen molar-refractivity contribution >= 4 is 16.8 Å². The summed E-state index contributed by atoms with van der Waals surface area (Å²) in [4.78, 5) is 33.5. The van der Waals surface area contributed by atoms with Crippen LogP contribution in [-0.2, 0) is 13.6 Å². The number of piperazine rings is 1. The van der Waals surface area contributed by atoms with Gasteiger partial charge in [-0.2, -0.15) is 10.2 Å². The Kier molecular flexibility index (Phi) is 5.70. The van der Waals surface area contributed by atoms with Crippen molar-refractivity contribution < 1.29 is 4.79 Å². The summed E-state index contributed by atoms with van der Waals surface area (Å²) in [5, 5.41) is 9.86. The first-order valence-corrected chi connectivity index (χ1v) is 11.0. The van der Waals surface area contributed by atoms with Crippen molar-refractivity contribution in [1.82, 2.24) is 34.3 Å². The molecule has 0 radical (unpaired) electrons. The summed E-state index contributed by atoms with van der Waals surface area (Å²) in [6.07, 6.45) is 3.42. The molecule has 0 atom stereocenters. The smallest absolute Gasteiger partial charge is 0.275 e. The normalized spacial score (nSPS) is 14.6. The Bertz CT molecular complexity index is 1340. The molecular formula is C24H25N7O2. The first kappa shape index (κ1) is 21.0. The second-order valence-electron chi connectivity index (χ2n) is 8.14. The molecule has 4 aromatic rings. The Morgan fingerprint density at radius 1 is 0.909 bits per heavy atom. The van der Waals surface area contributed by atoms with Gasteiger partial charge in [-0.3, -0.25) is 24.2 Å². The molecule has 9 nitrogen and oxygen atoms in total. The van der Waals surface area contributed by atoms with Crippen LogP contribution in [0.3, 0.4) is 0 Å². The highest BCUT2D eigenvalue weighted by Gasteiger charge is 2.25. The summed E-state index contributed by atoms with van der Waals surface area (Å²) in [6, 6.07) is 14.8. The van der Waals surface area contributed by atoms with Gasteiger partial charge < -0.3 is 4.90 Å². The lowest BCUT2D eigenvalue weighted by molar-refractivity contribution is 0.0627. The number of carbonyl (C=O) groups is 1. The van der Waals surface area contributed by atoms with Crippen molar-refractivity contribution in [2.75, 3.05) is 32.7 Å². The van der Waals surface area contributed by atoms with Gasteiger partial charge in [0, 0.05) is 69.2 Å². The molecule has 0 spiro atoms. The highest BCUT2D eigenvalue weighted by atomic mass is 16.2.